The van der Waals surface area contributed by atoms with Gasteiger partial charge in [-0.15, -0.1) is 0 Å². The number of aliphatic hydroxyl groups is 2. The summed E-state index contributed by atoms with van der Waals surface area (Å²) in [5.41, 5.74) is 0. The van der Waals surface area contributed by atoms with Gasteiger partial charge in [0.15, 0.2) is 0 Å². The van der Waals surface area contributed by atoms with Gasteiger partial charge < -0.3 is 15.5 Å². The second-order valence-corrected chi connectivity index (χ2v) is 16.2. The van der Waals surface area contributed by atoms with E-state index in [4.69, 9.17) is 0 Å². The van der Waals surface area contributed by atoms with Crippen LogP contribution in [0.15, 0.2) is 24.3 Å². The first-order chi connectivity index (χ1) is 25.7. The van der Waals surface area contributed by atoms with Crippen LogP contribution < -0.4 is 5.32 Å². The van der Waals surface area contributed by atoms with E-state index in [-0.39, 0.29) is 12.5 Å². The number of aliphatic hydroxyl groups excluding tert-OH is 2. The summed E-state index contributed by atoms with van der Waals surface area (Å²) in [6.45, 7) is 4.24. The molecule has 0 heterocycles. The van der Waals surface area contributed by atoms with E-state index in [1.165, 1.54) is 205 Å². The zero-order valence-electron chi connectivity index (χ0n) is 35.3. The van der Waals surface area contributed by atoms with Crippen molar-refractivity contribution in [2.24, 2.45) is 0 Å². The van der Waals surface area contributed by atoms with E-state index >= 15 is 0 Å². The topological polar surface area (TPSA) is 69.6 Å². The lowest BCUT2D eigenvalue weighted by Gasteiger charge is -2.19. The molecule has 0 radical (unpaired) electrons. The first-order valence-corrected chi connectivity index (χ1v) is 23.6. The molecule has 308 valence electrons. The predicted octanol–water partition coefficient (Wildman–Crippen LogP) is 14.8. The lowest BCUT2D eigenvalue weighted by Crippen LogP contribution is -2.45. The first kappa shape index (κ1) is 50.9. The van der Waals surface area contributed by atoms with Crippen molar-refractivity contribution in [1.82, 2.24) is 5.32 Å². The third-order valence-electron chi connectivity index (χ3n) is 10.9. The van der Waals surface area contributed by atoms with Crippen LogP contribution in [0.25, 0.3) is 0 Å². The second kappa shape index (κ2) is 44.3. The van der Waals surface area contributed by atoms with E-state index in [2.05, 4.69) is 31.3 Å². The van der Waals surface area contributed by atoms with Crippen LogP contribution in [-0.2, 0) is 4.79 Å². The van der Waals surface area contributed by atoms with E-state index in [1.807, 2.05) is 6.08 Å². The van der Waals surface area contributed by atoms with E-state index in [0.29, 0.717) is 6.42 Å². The van der Waals surface area contributed by atoms with E-state index in [1.54, 1.807) is 6.08 Å². The van der Waals surface area contributed by atoms with Crippen LogP contribution in [0.3, 0.4) is 0 Å². The van der Waals surface area contributed by atoms with Crippen LogP contribution in [0.2, 0.25) is 0 Å². The number of nitrogens with one attached hydrogen (secondary N) is 1. The second-order valence-electron chi connectivity index (χ2n) is 16.2. The Kier molecular flexibility index (Phi) is 43.3. The molecule has 0 aromatic rings. The summed E-state index contributed by atoms with van der Waals surface area (Å²) in [7, 11) is 0. The Morgan fingerprint density at radius 2 is 0.750 bits per heavy atom. The third-order valence-corrected chi connectivity index (χ3v) is 10.9. The number of hydrogen-bond donors (Lipinski definition) is 3. The zero-order valence-corrected chi connectivity index (χ0v) is 35.3. The van der Waals surface area contributed by atoms with Crippen LogP contribution in [0.1, 0.15) is 258 Å². The van der Waals surface area contributed by atoms with Gasteiger partial charge in [-0.05, 0) is 25.7 Å². The highest BCUT2D eigenvalue weighted by atomic mass is 16.3. The molecule has 0 aromatic carbocycles. The van der Waals surface area contributed by atoms with Gasteiger partial charge in [0.1, 0.15) is 0 Å². The molecule has 0 saturated heterocycles. The number of unbranched alkanes of at least 4 members (excludes halogenated alkanes) is 34. The van der Waals surface area contributed by atoms with Crippen LogP contribution in [0.4, 0.5) is 0 Å². The predicted molar refractivity (Wildman–Crippen MR) is 230 cm³/mol. The number of rotatable bonds is 43. The Hall–Kier alpha value is -1.13. The molecule has 0 bridgehead atoms. The summed E-state index contributed by atoms with van der Waals surface area (Å²) in [5, 5.41) is 22.8. The molecule has 0 fully saturated rings. The number of allylic oxidation sites excluding steroid dienone is 3. The summed E-state index contributed by atoms with van der Waals surface area (Å²) in [6, 6.07) is -0.632. The summed E-state index contributed by atoms with van der Waals surface area (Å²) >= 11 is 0. The van der Waals surface area contributed by atoms with Crippen molar-refractivity contribution in [3.8, 4) is 0 Å². The highest BCUT2D eigenvalue weighted by molar-refractivity contribution is 5.76. The molecule has 0 rings (SSSR count). The third kappa shape index (κ3) is 40.1. The van der Waals surface area contributed by atoms with E-state index in [0.717, 1.165) is 32.1 Å². The van der Waals surface area contributed by atoms with Crippen LogP contribution in [0.5, 0.6) is 0 Å². The summed E-state index contributed by atoms with van der Waals surface area (Å²) < 4.78 is 0. The summed E-state index contributed by atoms with van der Waals surface area (Å²) in [4.78, 5) is 12.3. The molecule has 1 amide bonds. The molecule has 0 aromatic heterocycles. The lowest BCUT2D eigenvalue weighted by atomic mass is 10.0. The minimum Gasteiger partial charge on any atom is -0.394 e. The molecule has 4 nitrogen and oxygen atoms in total. The molecule has 0 saturated carbocycles. The molecular formula is C48H93NO3. The van der Waals surface area contributed by atoms with Gasteiger partial charge in [-0.1, -0.05) is 250 Å². The number of amides is 1. The Balaban J connectivity index is 3.35. The first-order valence-electron chi connectivity index (χ1n) is 23.6. The average Bonchev–Trinajstić information content (AvgIpc) is 3.15. The van der Waals surface area contributed by atoms with Gasteiger partial charge in [0, 0.05) is 6.42 Å². The molecular weight excluding hydrogens is 639 g/mol. The van der Waals surface area contributed by atoms with Gasteiger partial charge in [-0.25, -0.2) is 0 Å². The summed E-state index contributed by atoms with van der Waals surface area (Å²) in [5.74, 6) is -0.0732. The van der Waals surface area contributed by atoms with E-state index in [9.17, 15) is 15.0 Å². The minimum absolute atomic E-state index is 0.0732. The number of carbonyl (C=O) groups excluding carboxylic acids is 1. The van der Waals surface area contributed by atoms with Crippen LogP contribution >= 0.6 is 0 Å². The molecule has 0 aliphatic carbocycles. The van der Waals surface area contributed by atoms with Crippen molar-refractivity contribution in [2.45, 2.75) is 270 Å². The van der Waals surface area contributed by atoms with Gasteiger partial charge in [0.2, 0.25) is 5.91 Å². The number of hydrogen-bond acceptors (Lipinski definition) is 3. The molecule has 0 aliphatic rings. The Morgan fingerprint density at radius 3 is 1.10 bits per heavy atom. The van der Waals surface area contributed by atoms with Crippen LogP contribution in [-0.4, -0.2) is 34.9 Å². The highest BCUT2D eigenvalue weighted by Gasteiger charge is 2.17. The Labute approximate surface area is 326 Å². The fourth-order valence-electron chi connectivity index (χ4n) is 7.30. The molecule has 0 spiro atoms. The largest absolute Gasteiger partial charge is 0.394 e. The standard InChI is InChI=1S/C48H93NO3/c1-3-5-7-9-11-13-14-15-16-17-18-19-20-21-22-23-24-25-26-27-28-29-30-31-32-33-34-35-36-38-40-42-44-48(52)49-46(45-50)47(51)43-41-39-37-12-10-8-6-4-2/h10,12,41,43,46-47,50-51H,3-9,11,13-40,42,44-45H2,1-2H3,(H,49,52)/b12-10+,43-41+. The SMILES string of the molecule is CCCC/C=C/CC/C=C/C(O)C(CO)NC(=O)CCCCCCCCCCCCCCCCCCCCCCCCCCCCCCCCCC. The molecule has 52 heavy (non-hydrogen) atoms. The number of carbonyl (C=O) groups is 1. The van der Waals surface area contributed by atoms with Crippen molar-refractivity contribution in [3.05, 3.63) is 24.3 Å². The quantitative estimate of drug-likeness (QED) is 0.0432. The maximum Gasteiger partial charge on any atom is 0.220 e. The van der Waals surface area contributed by atoms with Crippen molar-refractivity contribution in [2.75, 3.05) is 6.61 Å². The molecule has 2 unspecified atom stereocenters. The molecule has 3 N–H and O–H groups in total. The van der Waals surface area contributed by atoms with Crippen LogP contribution in [0, 0.1) is 0 Å². The van der Waals surface area contributed by atoms with Gasteiger partial charge >= 0.3 is 0 Å². The summed E-state index contributed by atoms with van der Waals surface area (Å²) in [6.07, 6.45) is 57.7. The maximum absolute atomic E-state index is 12.3. The normalized spacial score (nSPS) is 13.1. The van der Waals surface area contributed by atoms with Crippen molar-refractivity contribution in [1.29, 1.82) is 0 Å². The molecule has 0 aliphatic heterocycles. The Morgan fingerprint density at radius 1 is 0.442 bits per heavy atom. The van der Waals surface area contributed by atoms with Gasteiger partial charge in [0.25, 0.3) is 0 Å². The Bertz CT molecular complexity index is 750. The lowest BCUT2D eigenvalue weighted by molar-refractivity contribution is -0.123. The van der Waals surface area contributed by atoms with Gasteiger partial charge in [0.05, 0.1) is 18.8 Å². The minimum atomic E-state index is -0.855. The average molecular weight is 732 g/mol. The smallest absolute Gasteiger partial charge is 0.220 e. The fourth-order valence-corrected chi connectivity index (χ4v) is 7.30. The van der Waals surface area contributed by atoms with E-state index < -0.39 is 12.1 Å². The van der Waals surface area contributed by atoms with Crippen molar-refractivity contribution < 1.29 is 15.0 Å². The van der Waals surface area contributed by atoms with Gasteiger partial charge in [-0.2, -0.15) is 0 Å². The monoisotopic (exact) mass is 732 g/mol. The van der Waals surface area contributed by atoms with Gasteiger partial charge in [-0.3, -0.25) is 4.79 Å². The molecule has 2 atom stereocenters. The van der Waals surface area contributed by atoms with Crippen molar-refractivity contribution >= 4 is 5.91 Å². The fraction of sp³-hybridized carbons (Fsp3) is 0.896. The molecule has 4 heteroatoms. The maximum atomic E-state index is 12.3. The zero-order chi connectivity index (χ0) is 37.8. The highest BCUT2D eigenvalue weighted by Crippen LogP contribution is 2.17. The van der Waals surface area contributed by atoms with Crippen molar-refractivity contribution in [3.63, 3.8) is 0 Å².